The molecule has 0 aliphatic rings. The second-order valence-electron chi connectivity index (χ2n) is 4.92. The number of benzene rings is 1. The maximum absolute atomic E-state index is 11.7. The minimum absolute atomic E-state index is 0.0214. The van der Waals surface area contributed by atoms with Gasteiger partial charge in [-0.15, -0.1) is 0 Å². The van der Waals surface area contributed by atoms with E-state index in [-0.39, 0.29) is 18.6 Å². The summed E-state index contributed by atoms with van der Waals surface area (Å²) in [5.41, 5.74) is 0.783. The third kappa shape index (κ3) is 4.84. The lowest BCUT2D eigenvalue weighted by Gasteiger charge is -2.17. The summed E-state index contributed by atoms with van der Waals surface area (Å²) in [6.07, 6.45) is 0.690. The molecule has 0 radical (unpaired) electrons. The van der Waals surface area contributed by atoms with E-state index in [1.165, 1.54) is 24.3 Å². The molecule has 0 aliphatic heterocycles. The Labute approximate surface area is 118 Å². The van der Waals surface area contributed by atoms with E-state index in [2.05, 4.69) is 5.32 Å². The van der Waals surface area contributed by atoms with Gasteiger partial charge < -0.3 is 10.1 Å². The second-order valence-corrected chi connectivity index (χ2v) is 4.92. The minimum atomic E-state index is -0.588. The summed E-state index contributed by atoms with van der Waals surface area (Å²) >= 11 is 0. The highest BCUT2D eigenvalue weighted by atomic mass is 16.5. The SMILES string of the molecule is CC(C)C(C)NC(=O)COC(=O)c1ccc(C=O)cc1. The van der Waals surface area contributed by atoms with Gasteiger partial charge in [0.2, 0.25) is 0 Å². The van der Waals surface area contributed by atoms with Crippen LogP contribution < -0.4 is 5.32 Å². The van der Waals surface area contributed by atoms with Gasteiger partial charge in [0.15, 0.2) is 6.61 Å². The summed E-state index contributed by atoms with van der Waals surface area (Å²) in [5.74, 6) is -0.607. The molecule has 0 aromatic heterocycles. The van der Waals surface area contributed by atoms with Crippen molar-refractivity contribution in [1.29, 1.82) is 0 Å². The number of hydrogen-bond acceptors (Lipinski definition) is 4. The van der Waals surface area contributed by atoms with Crippen LogP contribution in [0.25, 0.3) is 0 Å². The van der Waals surface area contributed by atoms with Gasteiger partial charge >= 0.3 is 5.97 Å². The molecule has 1 aromatic carbocycles. The summed E-state index contributed by atoms with van der Waals surface area (Å²) in [6.45, 7) is 5.56. The Morgan fingerprint density at radius 1 is 1.20 bits per heavy atom. The first kappa shape index (κ1) is 15.9. The maximum atomic E-state index is 11.7. The molecule has 0 saturated carbocycles. The molecule has 0 bridgehead atoms. The van der Waals surface area contributed by atoms with Gasteiger partial charge in [-0.3, -0.25) is 9.59 Å². The first-order valence-electron chi connectivity index (χ1n) is 6.45. The smallest absolute Gasteiger partial charge is 0.338 e. The number of amides is 1. The Bertz CT molecular complexity index is 479. The zero-order valence-electron chi connectivity index (χ0n) is 11.9. The average molecular weight is 277 g/mol. The summed E-state index contributed by atoms with van der Waals surface area (Å²) < 4.78 is 4.90. The number of nitrogens with one attached hydrogen (secondary N) is 1. The molecule has 5 heteroatoms. The number of rotatable bonds is 6. The topological polar surface area (TPSA) is 72.5 Å². The molecule has 0 fully saturated rings. The van der Waals surface area contributed by atoms with Crippen LogP contribution in [0.4, 0.5) is 0 Å². The molecule has 5 nitrogen and oxygen atoms in total. The quantitative estimate of drug-likeness (QED) is 0.636. The van der Waals surface area contributed by atoms with Crippen LogP contribution in [0.5, 0.6) is 0 Å². The number of carbonyl (C=O) groups excluding carboxylic acids is 3. The predicted molar refractivity (Wildman–Crippen MR) is 74.6 cm³/mol. The molecule has 108 valence electrons. The van der Waals surface area contributed by atoms with E-state index in [4.69, 9.17) is 4.74 Å². The van der Waals surface area contributed by atoms with Crippen LogP contribution in [0.3, 0.4) is 0 Å². The van der Waals surface area contributed by atoms with Gasteiger partial charge in [0.05, 0.1) is 5.56 Å². The summed E-state index contributed by atoms with van der Waals surface area (Å²) in [4.78, 5) is 33.7. The molecule has 1 atom stereocenters. The Balaban J connectivity index is 2.46. The van der Waals surface area contributed by atoms with Crippen LogP contribution in [0.2, 0.25) is 0 Å². The van der Waals surface area contributed by atoms with Gasteiger partial charge in [-0.05, 0) is 25.0 Å². The van der Waals surface area contributed by atoms with Gasteiger partial charge in [-0.1, -0.05) is 26.0 Å². The zero-order valence-corrected chi connectivity index (χ0v) is 11.9. The lowest BCUT2D eigenvalue weighted by Crippen LogP contribution is -2.38. The molecule has 1 amide bonds. The number of hydrogen-bond donors (Lipinski definition) is 1. The van der Waals surface area contributed by atoms with Crippen molar-refractivity contribution >= 4 is 18.2 Å². The lowest BCUT2D eigenvalue weighted by atomic mass is 10.1. The molecule has 1 N–H and O–H groups in total. The van der Waals surface area contributed by atoms with E-state index < -0.39 is 5.97 Å². The molecular weight excluding hydrogens is 258 g/mol. The van der Waals surface area contributed by atoms with Crippen LogP contribution in [-0.2, 0) is 9.53 Å². The van der Waals surface area contributed by atoms with Crippen molar-refractivity contribution in [3.63, 3.8) is 0 Å². The summed E-state index contributed by atoms with van der Waals surface area (Å²) in [6, 6.07) is 6.03. The molecule has 1 aromatic rings. The highest BCUT2D eigenvalue weighted by molar-refractivity contribution is 5.92. The normalized spacial score (nSPS) is 11.8. The highest BCUT2D eigenvalue weighted by Gasteiger charge is 2.13. The monoisotopic (exact) mass is 277 g/mol. The largest absolute Gasteiger partial charge is 0.452 e. The van der Waals surface area contributed by atoms with E-state index in [0.29, 0.717) is 23.3 Å². The van der Waals surface area contributed by atoms with E-state index in [0.717, 1.165) is 0 Å². The molecule has 1 unspecified atom stereocenters. The van der Waals surface area contributed by atoms with E-state index >= 15 is 0 Å². The van der Waals surface area contributed by atoms with Crippen LogP contribution in [0.15, 0.2) is 24.3 Å². The zero-order chi connectivity index (χ0) is 15.1. The van der Waals surface area contributed by atoms with Crippen molar-refractivity contribution < 1.29 is 19.1 Å². The van der Waals surface area contributed by atoms with Crippen LogP contribution in [0, 0.1) is 5.92 Å². The first-order valence-corrected chi connectivity index (χ1v) is 6.45. The van der Waals surface area contributed by atoms with Crippen LogP contribution >= 0.6 is 0 Å². The van der Waals surface area contributed by atoms with Crippen molar-refractivity contribution in [3.8, 4) is 0 Å². The maximum Gasteiger partial charge on any atom is 0.338 e. The third-order valence-corrected chi connectivity index (χ3v) is 3.01. The predicted octanol–water partition coefficient (Wildman–Crippen LogP) is 1.82. The van der Waals surface area contributed by atoms with Crippen molar-refractivity contribution in [2.24, 2.45) is 5.92 Å². The lowest BCUT2D eigenvalue weighted by molar-refractivity contribution is -0.125. The van der Waals surface area contributed by atoms with Crippen molar-refractivity contribution in [3.05, 3.63) is 35.4 Å². The Hall–Kier alpha value is -2.17. The number of carbonyl (C=O) groups is 3. The Morgan fingerprint density at radius 3 is 2.30 bits per heavy atom. The van der Waals surface area contributed by atoms with Crippen molar-refractivity contribution in [1.82, 2.24) is 5.32 Å². The first-order chi connectivity index (χ1) is 9.43. The molecule has 20 heavy (non-hydrogen) atoms. The Morgan fingerprint density at radius 2 is 1.80 bits per heavy atom. The van der Waals surface area contributed by atoms with Crippen molar-refractivity contribution in [2.45, 2.75) is 26.8 Å². The molecule has 0 heterocycles. The molecule has 0 aliphatic carbocycles. The van der Waals surface area contributed by atoms with E-state index in [1.54, 1.807) is 0 Å². The summed E-state index contributed by atoms with van der Waals surface area (Å²) in [7, 11) is 0. The second kappa shape index (κ2) is 7.43. The fourth-order valence-electron chi connectivity index (χ4n) is 1.37. The summed E-state index contributed by atoms with van der Waals surface area (Å²) in [5, 5.41) is 2.74. The van der Waals surface area contributed by atoms with Gasteiger partial charge in [-0.25, -0.2) is 4.79 Å². The van der Waals surface area contributed by atoms with E-state index in [9.17, 15) is 14.4 Å². The minimum Gasteiger partial charge on any atom is -0.452 e. The molecule has 0 spiro atoms. The third-order valence-electron chi connectivity index (χ3n) is 3.01. The van der Waals surface area contributed by atoms with Gasteiger partial charge in [0, 0.05) is 11.6 Å². The van der Waals surface area contributed by atoms with E-state index in [1.807, 2.05) is 20.8 Å². The van der Waals surface area contributed by atoms with Crippen LogP contribution in [0.1, 0.15) is 41.5 Å². The van der Waals surface area contributed by atoms with Crippen molar-refractivity contribution in [2.75, 3.05) is 6.61 Å². The fourth-order valence-corrected chi connectivity index (χ4v) is 1.37. The highest BCUT2D eigenvalue weighted by Crippen LogP contribution is 2.04. The average Bonchev–Trinajstić information content (AvgIpc) is 2.44. The molecule has 0 saturated heterocycles. The molecular formula is C15H19NO4. The fraction of sp³-hybridized carbons (Fsp3) is 0.400. The van der Waals surface area contributed by atoms with Crippen LogP contribution in [-0.4, -0.2) is 30.8 Å². The number of aldehydes is 1. The standard InChI is InChI=1S/C15H19NO4/c1-10(2)11(3)16-14(18)9-20-15(19)13-6-4-12(8-17)5-7-13/h4-8,10-11H,9H2,1-3H3,(H,16,18). The van der Waals surface area contributed by atoms with Gasteiger partial charge in [0.25, 0.3) is 5.91 Å². The van der Waals surface area contributed by atoms with Gasteiger partial charge in [-0.2, -0.15) is 0 Å². The van der Waals surface area contributed by atoms with Gasteiger partial charge in [0.1, 0.15) is 6.29 Å². The molecule has 1 rings (SSSR count). The number of ether oxygens (including phenoxy) is 1. The Kier molecular flexibility index (Phi) is 5.90. The number of esters is 1.